The van der Waals surface area contributed by atoms with Crippen molar-refractivity contribution >= 4 is 44.1 Å². The highest BCUT2D eigenvalue weighted by Gasteiger charge is 2.48. The number of fused-ring (bicyclic) bond motifs is 2. The zero-order valence-corrected chi connectivity index (χ0v) is 23.2. The number of aliphatic hydroxyl groups is 1. The van der Waals surface area contributed by atoms with Gasteiger partial charge in [-0.15, -0.1) is 0 Å². The number of hydrogen-bond donors (Lipinski definition) is 1. The number of anilines is 1. The van der Waals surface area contributed by atoms with Crippen LogP contribution in [0.25, 0.3) is 16.0 Å². The van der Waals surface area contributed by atoms with Crippen LogP contribution in [-0.4, -0.2) is 34.5 Å². The van der Waals surface area contributed by atoms with Gasteiger partial charge in [0.1, 0.15) is 30.0 Å². The minimum Gasteiger partial charge on any atom is -0.507 e. The second-order valence-corrected chi connectivity index (χ2v) is 11.2. The van der Waals surface area contributed by atoms with Crippen LogP contribution < -0.4 is 14.4 Å². The average Bonchev–Trinajstić information content (AvgIpc) is 3.59. The molecule has 0 aliphatic carbocycles. The van der Waals surface area contributed by atoms with E-state index in [4.69, 9.17) is 14.5 Å². The van der Waals surface area contributed by atoms with Crippen LogP contribution in [0.3, 0.4) is 0 Å². The van der Waals surface area contributed by atoms with Gasteiger partial charge in [0.2, 0.25) is 0 Å². The third-order valence-electron chi connectivity index (χ3n) is 7.18. The van der Waals surface area contributed by atoms with Gasteiger partial charge >= 0.3 is 5.91 Å². The quantitative estimate of drug-likeness (QED) is 0.128. The maximum Gasteiger partial charge on any atom is 0.301 e. The summed E-state index contributed by atoms with van der Waals surface area (Å²) >= 11 is 1.35. The molecule has 0 bridgehead atoms. The van der Waals surface area contributed by atoms with E-state index in [1.54, 1.807) is 36.4 Å². The van der Waals surface area contributed by atoms with Crippen LogP contribution in [0, 0.1) is 13.8 Å². The molecular weight excluding hydrogens is 524 g/mol. The van der Waals surface area contributed by atoms with E-state index in [-0.39, 0.29) is 17.4 Å². The van der Waals surface area contributed by atoms with Gasteiger partial charge < -0.3 is 14.6 Å². The van der Waals surface area contributed by atoms with Gasteiger partial charge in [-0.25, -0.2) is 4.98 Å². The molecule has 1 saturated heterocycles. The summed E-state index contributed by atoms with van der Waals surface area (Å²) in [5.41, 5.74) is 4.87. The lowest BCUT2D eigenvalue weighted by molar-refractivity contribution is -0.132. The van der Waals surface area contributed by atoms with Crippen molar-refractivity contribution in [3.05, 3.63) is 101 Å². The molecule has 1 fully saturated rings. The van der Waals surface area contributed by atoms with Gasteiger partial charge in [0.25, 0.3) is 5.78 Å². The molecule has 8 heteroatoms. The number of thiazole rings is 1. The van der Waals surface area contributed by atoms with Crippen LogP contribution in [-0.2, 0) is 16.0 Å². The van der Waals surface area contributed by atoms with E-state index in [0.717, 1.165) is 32.7 Å². The summed E-state index contributed by atoms with van der Waals surface area (Å²) in [4.78, 5) is 33.5. The Morgan fingerprint density at radius 2 is 2.02 bits per heavy atom. The Hall–Kier alpha value is -4.43. The molecule has 1 aromatic heterocycles. The second kappa shape index (κ2) is 9.95. The van der Waals surface area contributed by atoms with E-state index in [1.165, 1.54) is 16.2 Å². The normalized spacial score (nSPS) is 19.6. The van der Waals surface area contributed by atoms with Gasteiger partial charge in [0.05, 0.1) is 21.8 Å². The van der Waals surface area contributed by atoms with Gasteiger partial charge in [0.15, 0.2) is 5.13 Å². The summed E-state index contributed by atoms with van der Waals surface area (Å²) in [5, 5.41) is 12.0. The van der Waals surface area contributed by atoms with Gasteiger partial charge in [-0.05, 0) is 79.4 Å². The Kier molecular flexibility index (Phi) is 6.43. The number of Topliss-reactive ketones (excluding diaryl/α,β-unsaturated/α-hetero) is 1. The monoisotopic (exact) mass is 552 g/mol. The Morgan fingerprint density at radius 1 is 1.20 bits per heavy atom. The molecule has 4 aromatic rings. The summed E-state index contributed by atoms with van der Waals surface area (Å²) in [6.07, 6.45) is 2.37. The van der Waals surface area contributed by atoms with Crippen LogP contribution in [0.4, 0.5) is 5.13 Å². The van der Waals surface area contributed by atoms with E-state index in [1.807, 2.05) is 45.0 Å². The topological polar surface area (TPSA) is 89.0 Å². The molecule has 7 nitrogen and oxygen atoms in total. The molecule has 0 spiro atoms. The number of carbonyl (C=O) groups is 2. The summed E-state index contributed by atoms with van der Waals surface area (Å²) in [6.45, 7) is 9.97. The van der Waals surface area contributed by atoms with Gasteiger partial charge in [0, 0.05) is 12.0 Å². The SMILES string of the molecule is C=CCOc1cccc([C@H]2/C(=C(\O)c3ccc4c(c3)C[C@@H](C)O4)C(=O)C(=O)N2c2nc3c(C)cc(C)cc3s2)c1. The first kappa shape index (κ1) is 25.8. The lowest BCUT2D eigenvalue weighted by Gasteiger charge is -2.23. The summed E-state index contributed by atoms with van der Waals surface area (Å²) < 4.78 is 12.5. The standard InChI is InChI=1S/C32H28N2O5S/c1-5-11-38-23-8-6-7-20(16-23)28-26(29(35)21-9-10-24-22(15-21)14-19(4)39-24)30(36)31(37)34(28)32-33-27-18(3)12-17(2)13-25(27)40-32/h5-10,12-13,15-16,19,28,35H,1,11,14H2,2-4H3/b29-26+/t19-,28+/m1/s1. The molecule has 0 radical (unpaired) electrons. The maximum atomic E-state index is 13.7. The predicted molar refractivity (Wildman–Crippen MR) is 156 cm³/mol. The number of ketones is 1. The minimum atomic E-state index is -0.905. The molecule has 1 amide bonds. The minimum absolute atomic E-state index is 0.00458. The van der Waals surface area contributed by atoms with Crippen LogP contribution >= 0.6 is 11.3 Å². The largest absolute Gasteiger partial charge is 0.507 e. The number of aromatic nitrogens is 1. The molecule has 202 valence electrons. The van der Waals surface area contributed by atoms with Crippen molar-refractivity contribution in [2.75, 3.05) is 11.5 Å². The van der Waals surface area contributed by atoms with Crippen LogP contribution in [0.5, 0.6) is 11.5 Å². The van der Waals surface area contributed by atoms with Crippen molar-refractivity contribution in [2.24, 2.45) is 0 Å². The van der Waals surface area contributed by atoms with Gasteiger partial charge in [-0.2, -0.15) is 0 Å². The van der Waals surface area contributed by atoms with Gasteiger partial charge in [-0.3, -0.25) is 14.5 Å². The number of nitrogens with zero attached hydrogens (tertiary/aromatic N) is 2. The first-order chi connectivity index (χ1) is 19.2. The van der Waals surface area contributed by atoms with Crippen molar-refractivity contribution in [1.29, 1.82) is 0 Å². The molecular formula is C32H28N2O5S. The van der Waals surface area contributed by atoms with E-state index < -0.39 is 17.7 Å². The number of carbonyl (C=O) groups excluding carboxylic acids is 2. The van der Waals surface area contributed by atoms with Crippen molar-refractivity contribution in [1.82, 2.24) is 4.98 Å². The Balaban J connectivity index is 1.54. The number of rotatable bonds is 6. The molecule has 40 heavy (non-hydrogen) atoms. The van der Waals surface area contributed by atoms with Crippen LogP contribution in [0.1, 0.15) is 40.8 Å². The molecule has 0 saturated carbocycles. The van der Waals surface area contributed by atoms with Crippen molar-refractivity contribution in [3.63, 3.8) is 0 Å². The van der Waals surface area contributed by atoms with E-state index in [0.29, 0.717) is 35.0 Å². The zero-order chi connectivity index (χ0) is 28.1. The number of hydrogen-bond acceptors (Lipinski definition) is 7. The molecule has 3 aromatic carbocycles. The lowest BCUT2D eigenvalue weighted by Crippen LogP contribution is -2.29. The Bertz CT molecular complexity index is 1740. The fourth-order valence-corrected chi connectivity index (χ4v) is 6.63. The smallest absolute Gasteiger partial charge is 0.301 e. The maximum absolute atomic E-state index is 13.7. The number of amides is 1. The molecule has 0 unspecified atom stereocenters. The molecule has 1 N–H and O–H groups in total. The molecule has 3 heterocycles. The van der Waals surface area contributed by atoms with E-state index in [2.05, 4.69) is 6.58 Å². The fraction of sp³-hybridized carbons (Fsp3) is 0.219. The van der Waals surface area contributed by atoms with Crippen molar-refractivity contribution in [3.8, 4) is 11.5 Å². The van der Waals surface area contributed by atoms with Crippen LogP contribution in [0.15, 0.2) is 72.8 Å². The highest BCUT2D eigenvalue weighted by atomic mass is 32.1. The number of aliphatic hydroxyl groups excluding tert-OH is 1. The molecule has 2 aliphatic heterocycles. The highest BCUT2D eigenvalue weighted by molar-refractivity contribution is 7.22. The second-order valence-electron chi connectivity index (χ2n) is 10.2. The summed E-state index contributed by atoms with van der Waals surface area (Å²) in [6, 6.07) is 15.7. The van der Waals surface area contributed by atoms with E-state index >= 15 is 0 Å². The summed E-state index contributed by atoms with van der Waals surface area (Å²) in [7, 11) is 0. The van der Waals surface area contributed by atoms with Gasteiger partial charge in [-0.1, -0.05) is 42.2 Å². The fourth-order valence-electron chi connectivity index (χ4n) is 5.46. The highest BCUT2D eigenvalue weighted by Crippen LogP contribution is 2.45. The van der Waals surface area contributed by atoms with E-state index in [9.17, 15) is 14.7 Å². The lowest BCUT2D eigenvalue weighted by atomic mass is 9.94. The Morgan fingerprint density at radius 3 is 2.83 bits per heavy atom. The van der Waals surface area contributed by atoms with Crippen LogP contribution in [0.2, 0.25) is 0 Å². The first-order valence-electron chi connectivity index (χ1n) is 13.1. The number of aryl methyl sites for hydroxylation is 2. The first-order valence-corrected chi connectivity index (χ1v) is 13.9. The summed E-state index contributed by atoms with van der Waals surface area (Å²) in [5.74, 6) is -0.429. The number of benzene rings is 3. The van der Waals surface area contributed by atoms with Crippen molar-refractivity contribution in [2.45, 2.75) is 39.3 Å². The average molecular weight is 553 g/mol. The third-order valence-corrected chi connectivity index (χ3v) is 8.18. The molecule has 2 atom stereocenters. The molecule has 6 rings (SSSR count). The number of ether oxygens (including phenoxy) is 2. The third kappa shape index (κ3) is 4.34. The predicted octanol–water partition coefficient (Wildman–Crippen LogP) is 6.43. The Labute approximate surface area is 236 Å². The zero-order valence-electron chi connectivity index (χ0n) is 22.4. The van der Waals surface area contributed by atoms with Crippen molar-refractivity contribution < 1.29 is 24.2 Å². The molecule has 2 aliphatic rings.